The summed E-state index contributed by atoms with van der Waals surface area (Å²) in [5, 5.41) is 2.11. The van der Waals surface area contributed by atoms with Gasteiger partial charge in [-0.15, -0.1) is 0 Å². The topological polar surface area (TPSA) is 68.3 Å². The molecular formula is C19H16N2O3S. The fourth-order valence-electron chi connectivity index (χ4n) is 2.27. The van der Waals surface area contributed by atoms with E-state index in [4.69, 9.17) is 4.74 Å². The van der Waals surface area contributed by atoms with Crippen LogP contribution in [0, 0.1) is 11.8 Å². The van der Waals surface area contributed by atoms with Gasteiger partial charge in [-0.3, -0.25) is 4.98 Å². The minimum absolute atomic E-state index is 0.0100. The molecule has 1 N–H and O–H groups in total. The summed E-state index contributed by atoms with van der Waals surface area (Å²) in [6, 6.07) is 16.8. The number of fused-ring (bicyclic) bond motifs is 1. The number of ether oxygens (including phenoxy) is 1. The second kappa shape index (κ2) is 7.79. The number of sulfonamides is 1. The van der Waals surface area contributed by atoms with Crippen LogP contribution in [0.3, 0.4) is 0 Å². The van der Waals surface area contributed by atoms with Gasteiger partial charge >= 0.3 is 0 Å². The molecule has 0 saturated carbocycles. The Morgan fingerprint density at radius 2 is 1.84 bits per heavy atom. The van der Waals surface area contributed by atoms with E-state index >= 15 is 0 Å². The molecule has 0 atom stereocenters. The van der Waals surface area contributed by atoms with Crippen LogP contribution in [0.5, 0.6) is 5.75 Å². The number of benzene rings is 2. The van der Waals surface area contributed by atoms with Crippen LogP contribution in [0.2, 0.25) is 0 Å². The maximum Gasteiger partial charge on any atom is 0.242 e. The van der Waals surface area contributed by atoms with Crippen molar-refractivity contribution in [3.05, 3.63) is 67.0 Å². The van der Waals surface area contributed by atoms with Crippen LogP contribution in [-0.2, 0) is 10.0 Å². The predicted octanol–water partition coefficient (Wildman–Crippen LogP) is 2.60. The zero-order valence-electron chi connectivity index (χ0n) is 13.3. The molecule has 6 heteroatoms. The number of nitrogens with one attached hydrogen (secondary N) is 1. The lowest BCUT2D eigenvalue weighted by molar-refractivity contribution is 0.374. The van der Waals surface area contributed by atoms with Crippen molar-refractivity contribution in [3.8, 4) is 17.6 Å². The van der Waals surface area contributed by atoms with Gasteiger partial charge in [-0.1, -0.05) is 48.2 Å². The molecule has 0 aliphatic rings. The molecule has 0 amide bonds. The molecule has 2 aromatic carbocycles. The molecule has 0 unspecified atom stereocenters. The molecule has 1 aromatic heterocycles. The van der Waals surface area contributed by atoms with Crippen LogP contribution in [0.15, 0.2) is 71.9 Å². The second-order valence-corrected chi connectivity index (χ2v) is 6.90. The molecule has 0 fully saturated rings. The average Bonchev–Trinajstić information content (AvgIpc) is 2.65. The third-order valence-electron chi connectivity index (χ3n) is 3.47. The van der Waals surface area contributed by atoms with E-state index in [0.717, 1.165) is 16.5 Å². The summed E-state index contributed by atoms with van der Waals surface area (Å²) < 4.78 is 32.0. The minimum atomic E-state index is -3.58. The van der Waals surface area contributed by atoms with Crippen molar-refractivity contribution >= 4 is 20.8 Å². The molecule has 0 aliphatic heterocycles. The molecule has 0 bridgehead atoms. The van der Waals surface area contributed by atoms with Gasteiger partial charge in [0.2, 0.25) is 10.0 Å². The SMILES string of the molecule is O=S(=O)(NCC#CCOc1cccc2ccccc12)c1cccnc1. The molecule has 0 radical (unpaired) electrons. The number of hydrogen-bond donors (Lipinski definition) is 1. The molecular weight excluding hydrogens is 336 g/mol. The molecule has 0 spiro atoms. The summed E-state index contributed by atoms with van der Waals surface area (Å²) in [5.41, 5.74) is 0. The van der Waals surface area contributed by atoms with Gasteiger partial charge in [0.25, 0.3) is 0 Å². The van der Waals surface area contributed by atoms with Gasteiger partial charge in [-0.25, -0.2) is 8.42 Å². The smallest absolute Gasteiger partial charge is 0.242 e. The first-order valence-electron chi connectivity index (χ1n) is 7.63. The van der Waals surface area contributed by atoms with E-state index in [1.165, 1.54) is 18.5 Å². The van der Waals surface area contributed by atoms with Crippen LogP contribution in [0.4, 0.5) is 0 Å². The lowest BCUT2D eigenvalue weighted by Gasteiger charge is -2.06. The van der Waals surface area contributed by atoms with Gasteiger partial charge in [0.05, 0.1) is 6.54 Å². The molecule has 0 saturated heterocycles. The summed E-state index contributed by atoms with van der Waals surface area (Å²) in [6.07, 6.45) is 2.81. The van der Waals surface area contributed by atoms with E-state index in [1.54, 1.807) is 6.07 Å². The summed E-state index contributed by atoms with van der Waals surface area (Å²) in [7, 11) is -3.58. The van der Waals surface area contributed by atoms with E-state index in [0.29, 0.717) is 0 Å². The highest BCUT2D eigenvalue weighted by Gasteiger charge is 2.11. The van der Waals surface area contributed by atoms with Gasteiger partial charge in [0.1, 0.15) is 17.3 Å². The Balaban J connectivity index is 1.55. The van der Waals surface area contributed by atoms with Crippen molar-refractivity contribution in [1.29, 1.82) is 0 Å². The molecule has 0 aliphatic carbocycles. The van der Waals surface area contributed by atoms with Gasteiger partial charge in [0, 0.05) is 17.8 Å². The number of aromatic nitrogens is 1. The van der Waals surface area contributed by atoms with E-state index in [-0.39, 0.29) is 18.0 Å². The monoisotopic (exact) mass is 352 g/mol. The quantitative estimate of drug-likeness (QED) is 0.717. The lowest BCUT2D eigenvalue weighted by Crippen LogP contribution is -2.24. The van der Waals surface area contributed by atoms with E-state index < -0.39 is 10.0 Å². The zero-order chi connectivity index (χ0) is 17.5. The van der Waals surface area contributed by atoms with Crippen LogP contribution >= 0.6 is 0 Å². The lowest BCUT2D eigenvalue weighted by atomic mass is 10.1. The third kappa shape index (κ3) is 4.35. The van der Waals surface area contributed by atoms with Crippen molar-refractivity contribution in [2.24, 2.45) is 0 Å². The summed E-state index contributed by atoms with van der Waals surface area (Å²) in [5.74, 6) is 6.30. The predicted molar refractivity (Wildman–Crippen MR) is 96.6 cm³/mol. The van der Waals surface area contributed by atoms with Gasteiger partial charge < -0.3 is 4.74 Å². The fraction of sp³-hybridized carbons (Fsp3) is 0.105. The first kappa shape index (κ1) is 17.0. The Hall–Kier alpha value is -2.88. The summed E-state index contributed by atoms with van der Waals surface area (Å²) in [4.78, 5) is 3.91. The fourth-order valence-corrected chi connectivity index (χ4v) is 3.16. The van der Waals surface area contributed by atoms with Crippen LogP contribution in [-0.4, -0.2) is 26.6 Å². The van der Waals surface area contributed by atoms with E-state index in [1.807, 2.05) is 42.5 Å². The molecule has 3 aromatic rings. The van der Waals surface area contributed by atoms with Crippen molar-refractivity contribution in [2.45, 2.75) is 4.90 Å². The first-order valence-corrected chi connectivity index (χ1v) is 9.11. The first-order chi connectivity index (χ1) is 12.2. The van der Waals surface area contributed by atoms with E-state index in [9.17, 15) is 8.42 Å². The number of hydrogen-bond acceptors (Lipinski definition) is 4. The van der Waals surface area contributed by atoms with Crippen LogP contribution < -0.4 is 9.46 Å². The van der Waals surface area contributed by atoms with Crippen molar-refractivity contribution in [1.82, 2.24) is 9.71 Å². The third-order valence-corrected chi connectivity index (χ3v) is 4.86. The average molecular weight is 352 g/mol. The highest BCUT2D eigenvalue weighted by atomic mass is 32.2. The number of nitrogens with zero attached hydrogens (tertiary/aromatic N) is 1. The molecule has 5 nitrogen and oxygen atoms in total. The summed E-state index contributed by atoms with van der Waals surface area (Å²) in [6.45, 7) is 0.193. The van der Waals surface area contributed by atoms with Gasteiger partial charge in [-0.2, -0.15) is 4.72 Å². The van der Waals surface area contributed by atoms with Crippen molar-refractivity contribution in [3.63, 3.8) is 0 Å². The Morgan fingerprint density at radius 3 is 2.68 bits per heavy atom. The molecule has 3 rings (SSSR count). The largest absolute Gasteiger partial charge is 0.480 e. The normalized spacial score (nSPS) is 10.9. The Bertz CT molecular complexity index is 1020. The van der Waals surface area contributed by atoms with Crippen molar-refractivity contribution in [2.75, 3.05) is 13.2 Å². The maximum absolute atomic E-state index is 12.0. The highest BCUT2D eigenvalue weighted by Crippen LogP contribution is 2.24. The standard InChI is InChI=1S/C19H16N2O3S/c22-25(23,17-9-6-12-20-15-17)21-13-3-4-14-24-19-11-5-8-16-7-1-2-10-18(16)19/h1-2,5-12,15,21H,13-14H2. The minimum Gasteiger partial charge on any atom is -0.480 e. The molecule has 126 valence electrons. The molecule has 25 heavy (non-hydrogen) atoms. The Kier molecular flexibility index (Phi) is 5.29. The van der Waals surface area contributed by atoms with Crippen LogP contribution in [0.25, 0.3) is 10.8 Å². The zero-order valence-corrected chi connectivity index (χ0v) is 14.2. The van der Waals surface area contributed by atoms with Crippen LogP contribution in [0.1, 0.15) is 0 Å². The number of pyridine rings is 1. The number of rotatable bonds is 5. The van der Waals surface area contributed by atoms with Gasteiger partial charge in [-0.05, 0) is 23.6 Å². The van der Waals surface area contributed by atoms with Gasteiger partial charge in [0.15, 0.2) is 0 Å². The maximum atomic E-state index is 12.0. The van der Waals surface area contributed by atoms with E-state index in [2.05, 4.69) is 21.5 Å². The highest BCUT2D eigenvalue weighted by molar-refractivity contribution is 7.89. The molecule has 1 heterocycles. The Morgan fingerprint density at radius 1 is 1.00 bits per heavy atom. The van der Waals surface area contributed by atoms with Crippen molar-refractivity contribution < 1.29 is 13.2 Å². The summed E-state index contributed by atoms with van der Waals surface area (Å²) >= 11 is 0. The Labute approximate surface area is 146 Å². The second-order valence-electron chi connectivity index (χ2n) is 5.13.